The van der Waals surface area contributed by atoms with Gasteiger partial charge >= 0.3 is 0 Å². The first-order valence-electron chi connectivity index (χ1n) is 7.01. The number of aromatic nitrogens is 1. The Hall–Kier alpha value is -1.45. The number of aliphatic hydroxyl groups is 1. The Bertz CT molecular complexity index is 658. The Kier molecular flexibility index (Phi) is 2.72. The van der Waals surface area contributed by atoms with Gasteiger partial charge in [0.2, 0.25) is 0 Å². The van der Waals surface area contributed by atoms with Gasteiger partial charge in [-0.1, -0.05) is 24.3 Å². The summed E-state index contributed by atoms with van der Waals surface area (Å²) in [5.41, 5.74) is -1.19. The van der Waals surface area contributed by atoms with Gasteiger partial charge in [0.25, 0.3) is 0 Å². The molecule has 1 aromatic carbocycles. The molecule has 1 aromatic heterocycles. The number of hydrogen-bond donors (Lipinski definition) is 1. The fourth-order valence-electron chi connectivity index (χ4n) is 3.51. The number of rotatable bonds is 1. The summed E-state index contributed by atoms with van der Waals surface area (Å²) in [6.07, 6.45) is 4.16. The first-order valence-corrected chi connectivity index (χ1v) is 7.01. The Balaban J connectivity index is 2.25. The highest BCUT2D eigenvalue weighted by Crippen LogP contribution is 2.51. The molecule has 1 fully saturated rings. The molecule has 0 aliphatic carbocycles. The summed E-state index contributed by atoms with van der Waals surface area (Å²) < 4.78 is 6.08. The van der Waals surface area contributed by atoms with Gasteiger partial charge in [0.15, 0.2) is 0 Å². The van der Waals surface area contributed by atoms with Crippen molar-refractivity contribution in [1.82, 2.24) is 4.98 Å². The molecule has 3 nitrogen and oxygen atoms in total. The predicted molar refractivity (Wildman–Crippen MR) is 79.5 cm³/mol. The van der Waals surface area contributed by atoms with Crippen LogP contribution in [0.1, 0.15) is 39.7 Å². The van der Waals surface area contributed by atoms with Gasteiger partial charge in [-0.05, 0) is 33.1 Å². The lowest BCUT2D eigenvalue weighted by molar-refractivity contribution is -0.129. The molecular formula is C17H21NO2. The van der Waals surface area contributed by atoms with Crippen molar-refractivity contribution in [3.05, 3.63) is 42.2 Å². The molecule has 3 heteroatoms. The minimum absolute atomic E-state index is 0.352. The topological polar surface area (TPSA) is 42.4 Å². The highest BCUT2D eigenvalue weighted by molar-refractivity contribution is 5.85. The van der Waals surface area contributed by atoms with Crippen LogP contribution in [0.2, 0.25) is 0 Å². The van der Waals surface area contributed by atoms with Crippen LogP contribution in [-0.2, 0) is 10.3 Å². The van der Waals surface area contributed by atoms with E-state index in [1.54, 1.807) is 6.20 Å². The van der Waals surface area contributed by atoms with Crippen LogP contribution in [0.25, 0.3) is 10.8 Å². The van der Waals surface area contributed by atoms with E-state index in [9.17, 15) is 5.11 Å². The number of ether oxygens (including phenoxy) is 1. The first-order chi connectivity index (χ1) is 9.25. The standard InChI is InChI=1S/C17H21NO2/c1-15(2)11-17(19,16(3,4)20-15)14-10-18-9-12-7-5-6-8-13(12)14/h5-10,19H,11H2,1-4H3. The summed E-state index contributed by atoms with van der Waals surface area (Å²) in [5, 5.41) is 13.4. The number of pyridine rings is 1. The van der Waals surface area contributed by atoms with E-state index in [0.717, 1.165) is 16.3 Å². The molecular weight excluding hydrogens is 250 g/mol. The smallest absolute Gasteiger partial charge is 0.123 e. The van der Waals surface area contributed by atoms with Gasteiger partial charge in [-0.3, -0.25) is 4.98 Å². The van der Waals surface area contributed by atoms with Gasteiger partial charge in [-0.25, -0.2) is 0 Å². The highest BCUT2D eigenvalue weighted by atomic mass is 16.5. The fraction of sp³-hybridized carbons (Fsp3) is 0.471. The SMILES string of the molecule is CC1(C)CC(O)(c2cncc3ccccc23)C(C)(C)O1. The molecule has 0 radical (unpaired) electrons. The van der Waals surface area contributed by atoms with Crippen LogP contribution >= 0.6 is 0 Å². The van der Waals surface area contributed by atoms with Gasteiger partial charge in [0, 0.05) is 29.8 Å². The van der Waals surface area contributed by atoms with Crippen LogP contribution in [0.4, 0.5) is 0 Å². The largest absolute Gasteiger partial charge is 0.382 e. The van der Waals surface area contributed by atoms with E-state index in [2.05, 4.69) is 4.98 Å². The van der Waals surface area contributed by atoms with E-state index < -0.39 is 11.2 Å². The zero-order valence-electron chi connectivity index (χ0n) is 12.5. The van der Waals surface area contributed by atoms with E-state index in [1.807, 2.05) is 58.2 Å². The summed E-state index contributed by atoms with van der Waals surface area (Å²) in [7, 11) is 0. The fourth-order valence-corrected chi connectivity index (χ4v) is 3.51. The molecule has 2 heterocycles. The Labute approximate surface area is 119 Å². The van der Waals surface area contributed by atoms with E-state index in [-0.39, 0.29) is 5.60 Å². The second-order valence-corrected chi connectivity index (χ2v) is 6.82. The summed E-state index contributed by atoms with van der Waals surface area (Å²) in [6.45, 7) is 7.93. The molecule has 0 saturated carbocycles. The molecule has 1 N–H and O–H groups in total. The van der Waals surface area contributed by atoms with Crippen LogP contribution in [0.15, 0.2) is 36.7 Å². The zero-order valence-corrected chi connectivity index (χ0v) is 12.5. The van der Waals surface area contributed by atoms with Crippen molar-refractivity contribution >= 4 is 10.8 Å². The van der Waals surface area contributed by atoms with E-state index in [1.165, 1.54) is 0 Å². The summed E-state index contributed by atoms with van der Waals surface area (Å²) in [4.78, 5) is 4.30. The molecule has 0 amide bonds. The van der Waals surface area contributed by atoms with Crippen LogP contribution in [0.5, 0.6) is 0 Å². The maximum absolute atomic E-state index is 11.4. The molecule has 1 unspecified atom stereocenters. The molecule has 20 heavy (non-hydrogen) atoms. The molecule has 3 rings (SSSR count). The lowest BCUT2D eigenvalue weighted by Gasteiger charge is -2.35. The van der Waals surface area contributed by atoms with Crippen LogP contribution < -0.4 is 0 Å². The lowest BCUT2D eigenvalue weighted by atomic mass is 9.76. The van der Waals surface area contributed by atoms with E-state index in [4.69, 9.17) is 4.74 Å². The first kappa shape index (κ1) is 13.5. The van der Waals surface area contributed by atoms with Gasteiger partial charge in [0.1, 0.15) is 5.60 Å². The third kappa shape index (κ3) is 1.85. The maximum atomic E-state index is 11.4. The molecule has 1 saturated heterocycles. The molecule has 106 valence electrons. The minimum atomic E-state index is -1.04. The second-order valence-electron chi connectivity index (χ2n) is 6.82. The lowest BCUT2D eigenvalue weighted by Crippen LogP contribution is -2.43. The van der Waals surface area contributed by atoms with Crippen LogP contribution in [0.3, 0.4) is 0 Å². The summed E-state index contributed by atoms with van der Waals surface area (Å²) >= 11 is 0. The molecule has 0 spiro atoms. The van der Waals surface area contributed by atoms with Gasteiger partial charge in [0.05, 0.1) is 11.2 Å². The molecule has 1 aliphatic rings. The van der Waals surface area contributed by atoms with Crippen LogP contribution in [-0.4, -0.2) is 21.3 Å². The molecule has 0 bridgehead atoms. The average molecular weight is 271 g/mol. The second kappa shape index (κ2) is 4.03. The third-order valence-electron chi connectivity index (χ3n) is 4.32. The summed E-state index contributed by atoms with van der Waals surface area (Å²) in [6, 6.07) is 8.02. The van der Waals surface area contributed by atoms with Gasteiger partial charge in [-0.15, -0.1) is 0 Å². The highest BCUT2D eigenvalue weighted by Gasteiger charge is 2.57. The summed E-state index contributed by atoms with van der Waals surface area (Å²) in [5.74, 6) is 0. The number of fused-ring (bicyclic) bond motifs is 1. The normalized spacial score (nSPS) is 27.9. The average Bonchev–Trinajstić information content (AvgIpc) is 2.53. The molecule has 1 atom stereocenters. The van der Waals surface area contributed by atoms with Crippen molar-refractivity contribution in [2.75, 3.05) is 0 Å². The van der Waals surface area contributed by atoms with Crippen molar-refractivity contribution in [1.29, 1.82) is 0 Å². The number of benzene rings is 1. The number of nitrogens with zero attached hydrogens (tertiary/aromatic N) is 1. The van der Waals surface area contributed by atoms with Crippen molar-refractivity contribution in [3.63, 3.8) is 0 Å². The van der Waals surface area contributed by atoms with E-state index in [0.29, 0.717) is 6.42 Å². The quantitative estimate of drug-likeness (QED) is 0.864. The third-order valence-corrected chi connectivity index (χ3v) is 4.32. The van der Waals surface area contributed by atoms with Crippen molar-refractivity contribution in [2.24, 2.45) is 0 Å². The predicted octanol–water partition coefficient (Wildman–Crippen LogP) is 3.40. The van der Waals surface area contributed by atoms with Crippen molar-refractivity contribution in [2.45, 2.75) is 50.9 Å². The Morgan fingerprint density at radius 3 is 2.45 bits per heavy atom. The van der Waals surface area contributed by atoms with Crippen LogP contribution in [0, 0.1) is 0 Å². The zero-order chi connectivity index (χ0) is 14.6. The number of hydrogen-bond acceptors (Lipinski definition) is 3. The van der Waals surface area contributed by atoms with E-state index >= 15 is 0 Å². The van der Waals surface area contributed by atoms with Crippen molar-refractivity contribution < 1.29 is 9.84 Å². The van der Waals surface area contributed by atoms with Crippen molar-refractivity contribution in [3.8, 4) is 0 Å². The Morgan fingerprint density at radius 1 is 1.10 bits per heavy atom. The molecule has 2 aromatic rings. The molecule has 1 aliphatic heterocycles. The monoisotopic (exact) mass is 271 g/mol. The van der Waals surface area contributed by atoms with Gasteiger partial charge in [-0.2, -0.15) is 0 Å². The minimum Gasteiger partial charge on any atom is -0.382 e. The maximum Gasteiger partial charge on any atom is 0.123 e. The van der Waals surface area contributed by atoms with Gasteiger partial charge < -0.3 is 9.84 Å². The Morgan fingerprint density at radius 2 is 1.80 bits per heavy atom.